The maximum absolute atomic E-state index is 6.24. The highest BCUT2D eigenvalue weighted by Crippen LogP contribution is 2.32. The smallest absolute Gasteiger partial charge is 0.134 e. The summed E-state index contributed by atoms with van der Waals surface area (Å²) in [4.78, 5) is 1.22. The molecule has 1 unspecified atom stereocenters. The van der Waals surface area contributed by atoms with Gasteiger partial charge in [-0.2, -0.15) is 0 Å². The van der Waals surface area contributed by atoms with Crippen LogP contribution >= 0.6 is 22.9 Å². The summed E-state index contributed by atoms with van der Waals surface area (Å²) in [5.74, 6) is 1.51. The molecule has 0 saturated heterocycles. The Bertz CT molecular complexity index is 673. The van der Waals surface area contributed by atoms with Crippen LogP contribution in [0.3, 0.4) is 0 Å². The number of fused-ring (bicyclic) bond motifs is 1. The number of thiophene rings is 1. The molecule has 0 fully saturated rings. The number of alkyl halides is 1. The highest BCUT2D eigenvalue weighted by atomic mass is 35.5. The fourth-order valence-corrected chi connectivity index (χ4v) is 3.27. The Hall–Kier alpha value is -1.51. The first-order valence-corrected chi connectivity index (χ1v) is 8.03. The van der Waals surface area contributed by atoms with Crippen LogP contribution in [0, 0.1) is 0 Å². The zero-order valence-electron chi connectivity index (χ0n) is 11.0. The first-order valence-electron chi connectivity index (χ1n) is 6.62. The summed E-state index contributed by atoms with van der Waals surface area (Å²) >= 11 is 7.63. The summed E-state index contributed by atoms with van der Waals surface area (Å²) in [7, 11) is 0. The van der Waals surface area contributed by atoms with Gasteiger partial charge in [-0.15, -0.1) is 22.9 Å². The van der Waals surface area contributed by atoms with E-state index >= 15 is 0 Å². The zero-order chi connectivity index (χ0) is 13.8. The van der Waals surface area contributed by atoms with Crippen molar-refractivity contribution in [2.45, 2.75) is 12.5 Å². The van der Waals surface area contributed by atoms with E-state index < -0.39 is 0 Å². The Balaban J connectivity index is 1.94. The molecule has 0 N–H and O–H groups in total. The summed E-state index contributed by atoms with van der Waals surface area (Å²) in [6, 6.07) is 18.6. The van der Waals surface area contributed by atoms with Gasteiger partial charge in [0, 0.05) is 22.6 Å². The van der Waals surface area contributed by atoms with Crippen LogP contribution in [0.1, 0.15) is 17.4 Å². The van der Waals surface area contributed by atoms with E-state index in [0.29, 0.717) is 5.88 Å². The number of hydrogen-bond donors (Lipinski definition) is 0. The van der Waals surface area contributed by atoms with E-state index in [1.165, 1.54) is 10.3 Å². The van der Waals surface area contributed by atoms with E-state index in [9.17, 15) is 0 Å². The zero-order valence-corrected chi connectivity index (χ0v) is 12.5. The molecule has 1 nitrogen and oxygen atoms in total. The predicted molar refractivity (Wildman–Crippen MR) is 87.0 cm³/mol. The second kappa shape index (κ2) is 6.29. The Morgan fingerprint density at radius 2 is 1.85 bits per heavy atom. The van der Waals surface area contributed by atoms with Crippen molar-refractivity contribution >= 4 is 33.7 Å². The molecule has 2 aromatic carbocycles. The first-order chi connectivity index (χ1) is 9.88. The quantitative estimate of drug-likeness (QED) is 0.553. The lowest BCUT2D eigenvalue weighted by Gasteiger charge is -2.18. The van der Waals surface area contributed by atoms with Crippen molar-refractivity contribution in [1.29, 1.82) is 0 Å². The molecule has 0 aliphatic heterocycles. The maximum atomic E-state index is 6.24. The highest BCUT2D eigenvalue weighted by Gasteiger charge is 2.15. The van der Waals surface area contributed by atoms with E-state index in [0.717, 1.165) is 17.6 Å². The van der Waals surface area contributed by atoms with E-state index in [1.54, 1.807) is 11.3 Å². The molecular formula is C17H15ClOS. The van der Waals surface area contributed by atoms with Gasteiger partial charge in [0.2, 0.25) is 0 Å². The Kier molecular flexibility index (Phi) is 4.24. The predicted octanol–water partition coefficient (Wildman–Crippen LogP) is 5.65. The first kappa shape index (κ1) is 13.5. The molecule has 1 atom stereocenters. The molecule has 1 aromatic heterocycles. The molecule has 0 aliphatic rings. The van der Waals surface area contributed by atoms with Crippen LogP contribution in [-0.4, -0.2) is 5.88 Å². The molecule has 0 bridgehead atoms. The van der Waals surface area contributed by atoms with Gasteiger partial charge in [-0.3, -0.25) is 0 Å². The fourth-order valence-electron chi connectivity index (χ4n) is 2.28. The molecule has 0 radical (unpaired) electrons. The van der Waals surface area contributed by atoms with Gasteiger partial charge in [-0.25, -0.2) is 0 Å². The molecule has 0 saturated carbocycles. The van der Waals surface area contributed by atoms with Crippen LogP contribution in [0.5, 0.6) is 5.75 Å². The van der Waals surface area contributed by atoms with Crippen LogP contribution in [0.15, 0.2) is 60.0 Å². The molecule has 0 amide bonds. The van der Waals surface area contributed by atoms with Gasteiger partial charge in [0.25, 0.3) is 0 Å². The molecular weight excluding hydrogens is 288 g/mol. The molecule has 3 rings (SSSR count). The van der Waals surface area contributed by atoms with E-state index in [4.69, 9.17) is 16.3 Å². The van der Waals surface area contributed by atoms with Gasteiger partial charge >= 0.3 is 0 Å². The minimum absolute atomic E-state index is 0.0262. The number of halogens is 1. The van der Waals surface area contributed by atoms with Crippen molar-refractivity contribution in [3.05, 3.63) is 64.9 Å². The van der Waals surface area contributed by atoms with Crippen molar-refractivity contribution in [3.63, 3.8) is 0 Å². The van der Waals surface area contributed by atoms with Gasteiger partial charge in [0.1, 0.15) is 11.9 Å². The SMILES string of the molecule is ClCCC(Oc1cccc2ccccc12)c1cccs1. The van der Waals surface area contributed by atoms with Crippen LogP contribution in [0.25, 0.3) is 10.8 Å². The maximum Gasteiger partial charge on any atom is 0.134 e. The van der Waals surface area contributed by atoms with E-state index in [2.05, 4.69) is 29.6 Å². The van der Waals surface area contributed by atoms with Crippen LogP contribution < -0.4 is 4.74 Å². The average molecular weight is 303 g/mol. The normalized spacial score (nSPS) is 12.4. The van der Waals surface area contributed by atoms with Crippen molar-refractivity contribution in [2.24, 2.45) is 0 Å². The van der Waals surface area contributed by atoms with Crippen molar-refractivity contribution in [2.75, 3.05) is 5.88 Å². The lowest BCUT2D eigenvalue weighted by molar-refractivity contribution is 0.209. The van der Waals surface area contributed by atoms with Gasteiger partial charge in [0.15, 0.2) is 0 Å². The minimum Gasteiger partial charge on any atom is -0.484 e. The highest BCUT2D eigenvalue weighted by molar-refractivity contribution is 7.10. The van der Waals surface area contributed by atoms with E-state index in [-0.39, 0.29) is 6.10 Å². The Morgan fingerprint density at radius 3 is 2.65 bits per heavy atom. The fraction of sp³-hybridized carbons (Fsp3) is 0.176. The minimum atomic E-state index is 0.0262. The molecule has 3 aromatic rings. The third-order valence-electron chi connectivity index (χ3n) is 3.25. The Labute approximate surface area is 127 Å². The van der Waals surface area contributed by atoms with Crippen molar-refractivity contribution in [3.8, 4) is 5.75 Å². The standard InChI is InChI=1S/C17H15ClOS/c18-11-10-16(17-9-4-12-20-17)19-15-8-3-6-13-5-1-2-7-14(13)15/h1-9,12,16H,10-11H2. The molecule has 1 heterocycles. The van der Waals surface area contributed by atoms with Gasteiger partial charge in [0.05, 0.1) is 0 Å². The van der Waals surface area contributed by atoms with Crippen molar-refractivity contribution < 1.29 is 4.74 Å². The topological polar surface area (TPSA) is 9.23 Å². The monoisotopic (exact) mass is 302 g/mol. The summed E-state index contributed by atoms with van der Waals surface area (Å²) in [5.41, 5.74) is 0. The molecule has 0 spiro atoms. The molecule has 102 valence electrons. The summed E-state index contributed by atoms with van der Waals surface area (Å²) < 4.78 is 6.24. The molecule has 3 heteroatoms. The van der Waals surface area contributed by atoms with Gasteiger partial charge < -0.3 is 4.74 Å². The van der Waals surface area contributed by atoms with E-state index in [1.807, 2.05) is 30.3 Å². The number of benzene rings is 2. The molecule has 20 heavy (non-hydrogen) atoms. The summed E-state index contributed by atoms with van der Waals surface area (Å²) in [5, 5.41) is 4.41. The third kappa shape index (κ3) is 2.82. The summed E-state index contributed by atoms with van der Waals surface area (Å²) in [6.07, 6.45) is 0.837. The van der Waals surface area contributed by atoms with Gasteiger partial charge in [-0.05, 0) is 22.9 Å². The van der Waals surface area contributed by atoms with Crippen LogP contribution in [0.4, 0.5) is 0 Å². The van der Waals surface area contributed by atoms with Crippen LogP contribution in [-0.2, 0) is 0 Å². The largest absolute Gasteiger partial charge is 0.484 e. The number of hydrogen-bond acceptors (Lipinski definition) is 2. The second-order valence-corrected chi connectivity index (χ2v) is 5.93. The van der Waals surface area contributed by atoms with Gasteiger partial charge in [-0.1, -0.05) is 42.5 Å². The number of ether oxygens (including phenoxy) is 1. The number of rotatable bonds is 5. The lowest BCUT2D eigenvalue weighted by Crippen LogP contribution is -2.07. The second-order valence-electron chi connectivity index (χ2n) is 4.58. The van der Waals surface area contributed by atoms with Crippen molar-refractivity contribution in [1.82, 2.24) is 0 Å². The summed E-state index contributed by atoms with van der Waals surface area (Å²) in [6.45, 7) is 0. The Morgan fingerprint density at radius 1 is 1.00 bits per heavy atom. The lowest BCUT2D eigenvalue weighted by atomic mass is 10.1. The third-order valence-corrected chi connectivity index (χ3v) is 4.43. The average Bonchev–Trinajstić information content (AvgIpc) is 3.01. The van der Waals surface area contributed by atoms with Crippen LogP contribution in [0.2, 0.25) is 0 Å². The molecule has 0 aliphatic carbocycles.